The number of amides is 1. The van der Waals surface area contributed by atoms with Gasteiger partial charge in [0.25, 0.3) is 5.91 Å². The molecule has 1 saturated carbocycles. The fourth-order valence-corrected chi connectivity index (χ4v) is 2.78. The lowest BCUT2D eigenvalue weighted by Crippen LogP contribution is -2.27. The van der Waals surface area contributed by atoms with Gasteiger partial charge in [-0.05, 0) is 18.9 Å². The molecule has 0 unspecified atom stereocenters. The summed E-state index contributed by atoms with van der Waals surface area (Å²) in [6.07, 6.45) is 5.36. The minimum atomic E-state index is -0.279. The van der Waals surface area contributed by atoms with Crippen molar-refractivity contribution in [3.05, 3.63) is 42.4 Å². The average Bonchev–Trinajstić information content (AvgIpc) is 3.45. The third kappa shape index (κ3) is 2.73. The van der Waals surface area contributed by atoms with Gasteiger partial charge >= 0.3 is 0 Å². The number of nitrogens with two attached hydrogens (primary N) is 1. The standard InChI is InChI=1S/C18H17N5O2/c1-25-14-7-8-20-9-13(14)11-3-2-4-12-15(19)17(23-22-16(11)12)18(24)21-10-5-6-10/h2-4,7-10H,5-6H2,1H3,(H2,19,22)(H,21,24). The van der Waals surface area contributed by atoms with E-state index in [1.807, 2.05) is 18.2 Å². The highest BCUT2D eigenvalue weighted by Crippen LogP contribution is 2.35. The average molecular weight is 335 g/mol. The third-order valence-corrected chi connectivity index (χ3v) is 4.25. The van der Waals surface area contributed by atoms with Crippen molar-refractivity contribution in [2.75, 3.05) is 12.8 Å². The van der Waals surface area contributed by atoms with Crippen LogP contribution < -0.4 is 15.8 Å². The normalized spacial score (nSPS) is 13.6. The minimum Gasteiger partial charge on any atom is -0.496 e. The van der Waals surface area contributed by atoms with Gasteiger partial charge in [0.05, 0.1) is 12.8 Å². The number of carbonyl (C=O) groups is 1. The first-order valence-electron chi connectivity index (χ1n) is 8.03. The molecule has 4 rings (SSSR count). The van der Waals surface area contributed by atoms with Gasteiger partial charge in [0, 0.05) is 34.9 Å². The highest BCUT2D eigenvalue weighted by atomic mass is 16.5. The summed E-state index contributed by atoms with van der Waals surface area (Å²) >= 11 is 0. The van der Waals surface area contributed by atoms with Crippen molar-refractivity contribution in [1.29, 1.82) is 0 Å². The molecule has 7 nitrogen and oxygen atoms in total. The van der Waals surface area contributed by atoms with E-state index in [-0.39, 0.29) is 17.6 Å². The summed E-state index contributed by atoms with van der Waals surface area (Å²) in [7, 11) is 1.60. The number of aromatic nitrogens is 3. The first kappa shape index (κ1) is 15.3. The van der Waals surface area contributed by atoms with E-state index in [0.717, 1.165) is 24.0 Å². The SMILES string of the molecule is COc1ccncc1-c1cccc2c(N)c(C(=O)NC3CC3)nnc12. The van der Waals surface area contributed by atoms with Crippen LogP contribution >= 0.6 is 0 Å². The Labute approximate surface area is 144 Å². The maximum Gasteiger partial charge on any atom is 0.274 e. The van der Waals surface area contributed by atoms with Gasteiger partial charge in [0.15, 0.2) is 5.69 Å². The molecule has 0 saturated heterocycles. The molecule has 0 radical (unpaired) electrons. The number of nitrogens with zero attached hydrogens (tertiary/aromatic N) is 3. The first-order valence-corrected chi connectivity index (χ1v) is 8.03. The van der Waals surface area contributed by atoms with Crippen molar-refractivity contribution in [1.82, 2.24) is 20.5 Å². The molecule has 1 amide bonds. The van der Waals surface area contributed by atoms with Gasteiger partial charge in [-0.25, -0.2) is 0 Å². The lowest BCUT2D eigenvalue weighted by molar-refractivity contribution is 0.0946. The number of carbonyl (C=O) groups excluding carboxylic acids is 1. The molecule has 3 N–H and O–H groups in total. The Bertz CT molecular complexity index is 969. The molecule has 1 aliphatic rings. The number of nitrogen functional groups attached to an aromatic ring is 1. The predicted octanol–water partition coefficient (Wildman–Crippen LogP) is 2.17. The van der Waals surface area contributed by atoms with E-state index in [1.165, 1.54) is 0 Å². The van der Waals surface area contributed by atoms with Crippen LogP contribution in [0.25, 0.3) is 22.0 Å². The Morgan fingerprint density at radius 2 is 2.08 bits per heavy atom. The van der Waals surface area contributed by atoms with E-state index in [4.69, 9.17) is 10.5 Å². The Balaban J connectivity index is 1.85. The fourth-order valence-electron chi connectivity index (χ4n) is 2.78. The zero-order valence-corrected chi connectivity index (χ0v) is 13.7. The maximum absolute atomic E-state index is 12.3. The number of ether oxygens (including phenoxy) is 1. The Morgan fingerprint density at radius 3 is 2.84 bits per heavy atom. The van der Waals surface area contributed by atoms with Gasteiger partial charge in [-0.3, -0.25) is 9.78 Å². The number of benzene rings is 1. The van der Waals surface area contributed by atoms with Gasteiger partial charge in [-0.15, -0.1) is 10.2 Å². The second-order valence-corrected chi connectivity index (χ2v) is 5.99. The molecule has 0 atom stereocenters. The van der Waals surface area contributed by atoms with Gasteiger partial charge in [0.2, 0.25) is 0 Å². The van der Waals surface area contributed by atoms with Crippen molar-refractivity contribution in [2.24, 2.45) is 0 Å². The molecule has 25 heavy (non-hydrogen) atoms. The van der Waals surface area contributed by atoms with Gasteiger partial charge in [0.1, 0.15) is 11.3 Å². The van der Waals surface area contributed by atoms with Crippen LogP contribution in [0.4, 0.5) is 5.69 Å². The molecular formula is C18H17N5O2. The van der Waals surface area contributed by atoms with Gasteiger partial charge in [-0.1, -0.05) is 18.2 Å². The Hall–Kier alpha value is -3.22. The van der Waals surface area contributed by atoms with E-state index >= 15 is 0 Å². The van der Waals surface area contributed by atoms with Crippen molar-refractivity contribution < 1.29 is 9.53 Å². The van der Waals surface area contributed by atoms with Gasteiger partial charge in [-0.2, -0.15) is 0 Å². The lowest BCUT2D eigenvalue weighted by atomic mass is 10.0. The summed E-state index contributed by atoms with van der Waals surface area (Å²) in [5.74, 6) is 0.400. The van der Waals surface area contributed by atoms with Crippen LogP contribution in [0.15, 0.2) is 36.7 Å². The molecule has 2 aromatic heterocycles. The largest absolute Gasteiger partial charge is 0.496 e. The summed E-state index contributed by atoms with van der Waals surface area (Å²) in [6.45, 7) is 0. The minimum absolute atomic E-state index is 0.162. The lowest BCUT2D eigenvalue weighted by Gasteiger charge is -2.12. The number of hydrogen-bond acceptors (Lipinski definition) is 6. The van der Waals surface area contributed by atoms with Crippen LogP contribution in [0, 0.1) is 0 Å². The van der Waals surface area contributed by atoms with Crippen LogP contribution in [0.3, 0.4) is 0 Å². The third-order valence-electron chi connectivity index (χ3n) is 4.25. The summed E-state index contributed by atoms with van der Waals surface area (Å²) in [5.41, 5.74) is 8.91. The zero-order chi connectivity index (χ0) is 17.4. The monoisotopic (exact) mass is 335 g/mol. The molecule has 126 valence electrons. The fraction of sp³-hybridized carbons (Fsp3) is 0.222. The Kier molecular flexibility index (Phi) is 3.68. The highest BCUT2D eigenvalue weighted by Gasteiger charge is 2.26. The maximum atomic E-state index is 12.3. The molecular weight excluding hydrogens is 318 g/mol. The molecule has 1 fully saturated rings. The molecule has 0 bridgehead atoms. The van der Waals surface area contributed by atoms with E-state index in [9.17, 15) is 4.79 Å². The first-order chi connectivity index (χ1) is 12.2. The van der Waals surface area contributed by atoms with E-state index in [1.54, 1.807) is 25.6 Å². The summed E-state index contributed by atoms with van der Waals surface area (Å²) in [6, 6.07) is 7.61. The van der Waals surface area contributed by atoms with Crippen molar-refractivity contribution in [2.45, 2.75) is 18.9 Å². The number of pyridine rings is 1. The van der Waals surface area contributed by atoms with E-state index in [0.29, 0.717) is 22.3 Å². The quantitative estimate of drug-likeness (QED) is 0.757. The predicted molar refractivity (Wildman–Crippen MR) is 94.2 cm³/mol. The van der Waals surface area contributed by atoms with Crippen LogP contribution in [-0.4, -0.2) is 34.2 Å². The van der Waals surface area contributed by atoms with Crippen LogP contribution in [0.2, 0.25) is 0 Å². The number of rotatable bonds is 4. The molecule has 1 aromatic carbocycles. The second-order valence-electron chi connectivity index (χ2n) is 5.99. The number of nitrogens with one attached hydrogen (secondary N) is 1. The molecule has 3 aromatic rings. The van der Waals surface area contributed by atoms with E-state index < -0.39 is 0 Å². The van der Waals surface area contributed by atoms with Crippen LogP contribution in [0.1, 0.15) is 23.3 Å². The van der Waals surface area contributed by atoms with Gasteiger partial charge < -0.3 is 15.8 Å². The number of fused-ring (bicyclic) bond motifs is 1. The number of anilines is 1. The van der Waals surface area contributed by atoms with Crippen LogP contribution in [0.5, 0.6) is 5.75 Å². The molecule has 0 spiro atoms. The Morgan fingerprint density at radius 1 is 1.24 bits per heavy atom. The van der Waals surface area contributed by atoms with Crippen molar-refractivity contribution in [3.8, 4) is 16.9 Å². The molecule has 2 heterocycles. The van der Waals surface area contributed by atoms with Crippen molar-refractivity contribution >= 4 is 22.5 Å². The number of hydrogen-bond donors (Lipinski definition) is 2. The number of methoxy groups -OCH3 is 1. The topological polar surface area (TPSA) is 103 Å². The molecule has 0 aliphatic heterocycles. The summed E-state index contributed by atoms with van der Waals surface area (Å²) < 4.78 is 5.41. The summed E-state index contributed by atoms with van der Waals surface area (Å²) in [5, 5.41) is 11.9. The molecule has 1 aliphatic carbocycles. The highest BCUT2D eigenvalue weighted by molar-refractivity contribution is 6.07. The van der Waals surface area contributed by atoms with Crippen LogP contribution in [-0.2, 0) is 0 Å². The molecule has 7 heteroatoms. The second kappa shape index (κ2) is 6.01. The van der Waals surface area contributed by atoms with E-state index in [2.05, 4.69) is 20.5 Å². The zero-order valence-electron chi connectivity index (χ0n) is 13.7. The summed E-state index contributed by atoms with van der Waals surface area (Å²) in [4.78, 5) is 16.5. The van der Waals surface area contributed by atoms with Crippen molar-refractivity contribution in [3.63, 3.8) is 0 Å². The smallest absolute Gasteiger partial charge is 0.274 e.